The standard InChI is InChI=1S/C17H28N2O2S/c1-13(15-8-6-12-22-15)18-14-7-5-10-19(11-9-14)16(20)21-17(2,3)4/h6,8,12-14,18H,5,7,9-11H2,1-4H3/t13-,14?/m0/s1. The van der Waals surface area contributed by atoms with E-state index in [1.54, 1.807) is 11.3 Å². The lowest BCUT2D eigenvalue weighted by atomic mass is 10.1. The molecule has 2 heterocycles. The summed E-state index contributed by atoms with van der Waals surface area (Å²) in [7, 11) is 0. The van der Waals surface area contributed by atoms with Gasteiger partial charge in [0, 0.05) is 30.1 Å². The molecule has 5 heteroatoms. The van der Waals surface area contributed by atoms with Crippen LogP contribution in [0.1, 0.15) is 57.9 Å². The highest BCUT2D eigenvalue weighted by Gasteiger charge is 2.25. The van der Waals surface area contributed by atoms with E-state index in [0.717, 1.165) is 32.4 Å². The number of hydrogen-bond acceptors (Lipinski definition) is 4. The Hall–Kier alpha value is -1.07. The van der Waals surface area contributed by atoms with E-state index in [1.165, 1.54) is 4.88 Å². The third-order valence-corrected chi connectivity index (χ3v) is 4.89. The maximum Gasteiger partial charge on any atom is 0.410 e. The van der Waals surface area contributed by atoms with E-state index < -0.39 is 5.60 Å². The van der Waals surface area contributed by atoms with Crippen LogP contribution in [0.3, 0.4) is 0 Å². The molecule has 4 nitrogen and oxygen atoms in total. The predicted octanol–water partition coefficient (Wildman–Crippen LogP) is 4.19. The number of ether oxygens (including phenoxy) is 1. The summed E-state index contributed by atoms with van der Waals surface area (Å²) in [6.07, 6.45) is 2.93. The van der Waals surface area contributed by atoms with Gasteiger partial charge in [-0.05, 0) is 58.4 Å². The van der Waals surface area contributed by atoms with Crippen LogP contribution in [-0.2, 0) is 4.74 Å². The van der Waals surface area contributed by atoms with Gasteiger partial charge in [0.1, 0.15) is 5.60 Å². The maximum atomic E-state index is 12.2. The van der Waals surface area contributed by atoms with Crippen molar-refractivity contribution in [1.82, 2.24) is 10.2 Å². The Morgan fingerprint density at radius 2 is 2.18 bits per heavy atom. The molecule has 0 radical (unpaired) electrons. The molecule has 1 N–H and O–H groups in total. The van der Waals surface area contributed by atoms with Crippen LogP contribution in [0.4, 0.5) is 4.79 Å². The monoisotopic (exact) mass is 324 g/mol. The molecule has 0 aromatic carbocycles. The summed E-state index contributed by atoms with van der Waals surface area (Å²) in [6, 6.07) is 5.10. The lowest BCUT2D eigenvalue weighted by Crippen LogP contribution is -2.38. The average molecular weight is 324 g/mol. The summed E-state index contributed by atoms with van der Waals surface area (Å²) in [6.45, 7) is 9.51. The number of carbonyl (C=O) groups is 1. The molecule has 1 aromatic rings. The molecule has 2 rings (SSSR count). The van der Waals surface area contributed by atoms with Crippen LogP contribution in [0.15, 0.2) is 17.5 Å². The molecule has 1 aliphatic rings. The molecular weight excluding hydrogens is 296 g/mol. The number of thiophene rings is 1. The van der Waals surface area contributed by atoms with Gasteiger partial charge in [0.05, 0.1) is 0 Å². The van der Waals surface area contributed by atoms with Crippen LogP contribution >= 0.6 is 11.3 Å². The minimum Gasteiger partial charge on any atom is -0.444 e. The first-order chi connectivity index (χ1) is 10.3. The second kappa shape index (κ2) is 7.47. The molecule has 1 fully saturated rings. The van der Waals surface area contributed by atoms with Gasteiger partial charge in [-0.1, -0.05) is 6.07 Å². The number of nitrogens with one attached hydrogen (secondary N) is 1. The van der Waals surface area contributed by atoms with Gasteiger partial charge in [-0.2, -0.15) is 0 Å². The second-order valence-corrected chi connectivity index (χ2v) is 7.98. The van der Waals surface area contributed by atoms with Crippen molar-refractivity contribution in [1.29, 1.82) is 0 Å². The van der Waals surface area contributed by atoms with Crippen molar-refractivity contribution >= 4 is 17.4 Å². The summed E-state index contributed by atoms with van der Waals surface area (Å²) in [5.74, 6) is 0. The Morgan fingerprint density at radius 3 is 2.82 bits per heavy atom. The lowest BCUT2D eigenvalue weighted by molar-refractivity contribution is 0.0256. The SMILES string of the molecule is C[C@H](NC1CCCN(C(=O)OC(C)(C)C)CC1)c1cccs1. The van der Waals surface area contributed by atoms with Crippen molar-refractivity contribution in [2.24, 2.45) is 0 Å². The van der Waals surface area contributed by atoms with Crippen molar-refractivity contribution < 1.29 is 9.53 Å². The second-order valence-electron chi connectivity index (χ2n) is 7.00. The fourth-order valence-corrected chi connectivity index (χ4v) is 3.49. The number of hydrogen-bond donors (Lipinski definition) is 1. The van der Waals surface area contributed by atoms with Crippen LogP contribution in [0, 0.1) is 0 Å². The van der Waals surface area contributed by atoms with E-state index in [0.29, 0.717) is 12.1 Å². The average Bonchev–Trinajstić information content (AvgIpc) is 2.84. The van der Waals surface area contributed by atoms with E-state index in [4.69, 9.17) is 4.74 Å². The highest BCUT2D eigenvalue weighted by Crippen LogP contribution is 2.22. The van der Waals surface area contributed by atoms with Crippen LogP contribution in [0.5, 0.6) is 0 Å². The predicted molar refractivity (Wildman–Crippen MR) is 91.3 cm³/mol. The maximum absolute atomic E-state index is 12.2. The zero-order valence-corrected chi connectivity index (χ0v) is 14.9. The number of amides is 1. The fourth-order valence-electron chi connectivity index (χ4n) is 2.75. The normalized spacial score (nSPS) is 21.3. The molecule has 0 saturated carbocycles. The van der Waals surface area contributed by atoms with Crippen molar-refractivity contribution in [2.45, 2.75) is 64.6 Å². The summed E-state index contributed by atoms with van der Waals surface area (Å²) < 4.78 is 5.48. The van der Waals surface area contributed by atoms with Gasteiger partial charge in [0.2, 0.25) is 0 Å². The van der Waals surface area contributed by atoms with E-state index in [1.807, 2.05) is 25.7 Å². The lowest BCUT2D eigenvalue weighted by Gasteiger charge is -2.26. The van der Waals surface area contributed by atoms with Gasteiger partial charge in [-0.15, -0.1) is 11.3 Å². The largest absolute Gasteiger partial charge is 0.444 e. The number of carbonyl (C=O) groups excluding carboxylic acids is 1. The minimum absolute atomic E-state index is 0.181. The van der Waals surface area contributed by atoms with Crippen LogP contribution in [0.2, 0.25) is 0 Å². The first kappa shape index (κ1) is 17.3. The van der Waals surface area contributed by atoms with Crippen molar-refractivity contribution in [3.05, 3.63) is 22.4 Å². The zero-order chi connectivity index (χ0) is 16.2. The Bertz CT molecular complexity index is 468. The fraction of sp³-hybridized carbons (Fsp3) is 0.706. The van der Waals surface area contributed by atoms with Gasteiger partial charge in [0.15, 0.2) is 0 Å². The molecule has 124 valence electrons. The van der Waals surface area contributed by atoms with Gasteiger partial charge in [-0.3, -0.25) is 0 Å². The smallest absolute Gasteiger partial charge is 0.410 e. The van der Waals surface area contributed by atoms with Crippen LogP contribution in [-0.4, -0.2) is 35.7 Å². The molecule has 1 aromatic heterocycles. The van der Waals surface area contributed by atoms with E-state index in [-0.39, 0.29) is 6.09 Å². The topological polar surface area (TPSA) is 41.6 Å². The first-order valence-electron chi connectivity index (χ1n) is 8.12. The Kier molecular flexibility index (Phi) is 5.87. The van der Waals surface area contributed by atoms with Gasteiger partial charge >= 0.3 is 6.09 Å². The van der Waals surface area contributed by atoms with Gasteiger partial charge < -0.3 is 15.0 Å². The molecule has 0 spiro atoms. The highest BCUT2D eigenvalue weighted by molar-refractivity contribution is 7.10. The molecule has 1 saturated heterocycles. The Morgan fingerprint density at radius 1 is 1.41 bits per heavy atom. The minimum atomic E-state index is -0.422. The number of likely N-dealkylation sites (tertiary alicyclic amines) is 1. The molecule has 1 amide bonds. The van der Waals surface area contributed by atoms with E-state index in [2.05, 4.69) is 29.8 Å². The van der Waals surface area contributed by atoms with Crippen molar-refractivity contribution in [2.75, 3.05) is 13.1 Å². The molecular formula is C17H28N2O2S. The third kappa shape index (κ3) is 5.29. The molecule has 22 heavy (non-hydrogen) atoms. The van der Waals surface area contributed by atoms with Crippen molar-refractivity contribution in [3.63, 3.8) is 0 Å². The van der Waals surface area contributed by atoms with E-state index in [9.17, 15) is 4.79 Å². The molecule has 0 bridgehead atoms. The number of rotatable bonds is 3. The summed E-state index contributed by atoms with van der Waals surface area (Å²) in [5, 5.41) is 5.82. The highest BCUT2D eigenvalue weighted by atomic mass is 32.1. The zero-order valence-electron chi connectivity index (χ0n) is 14.1. The van der Waals surface area contributed by atoms with Crippen molar-refractivity contribution in [3.8, 4) is 0 Å². The van der Waals surface area contributed by atoms with Crippen LogP contribution < -0.4 is 5.32 Å². The Balaban J connectivity index is 1.83. The molecule has 1 unspecified atom stereocenters. The molecule has 0 aliphatic carbocycles. The van der Waals surface area contributed by atoms with Gasteiger partial charge in [0.25, 0.3) is 0 Å². The van der Waals surface area contributed by atoms with E-state index >= 15 is 0 Å². The summed E-state index contributed by atoms with van der Waals surface area (Å²) in [4.78, 5) is 15.4. The first-order valence-corrected chi connectivity index (χ1v) is 9.00. The summed E-state index contributed by atoms with van der Waals surface area (Å²) >= 11 is 1.79. The summed E-state index contributed by atoms with van der Waals surface area (Å²) in [5.41, 5.74) is -0.422. The van der Waals surface area contributed by atoms with Crippen LogP contribution in [0.25, 0.3) is 0 Å². The number of nitrogens with zero attached hydrogens (tertiary/aromatic N) is 1. The molecule has 1 aliphatic heterocycles. The third-order valence-electron chi connectivity index (χ3n) is 3.84. The Labute approximate surface area is 137 Å². The molecule has 2 atom stereocenters. The van der Waals surface area contributed by atoms with Gasteiger partial charge in [-0.25, -0.2) is 4.79 Å². The quantitative estimate of drug-likeness (QED) is 0.906.